The molecule has 0 fully saturated rings. The van der Waals surface area contributed by atoms with Crippen molar-refractivity contribution < 1.29 is 13.2 Å². The third-order valence-electron chi connectivity index (χ3n) is 2.60. The van der Waals surface area contributed by atoms with Crippen LogP contribution in [0.2, 0.25) is 5.02 Å². The largest absolute Gasteiger partial charge is 0.324 e. The molecule has 0 aliphatic carbocycles. The van der Waals surface area contributed by atoms with E-state index in [-0.39, 0.29) is 5.75 Å². The Balaban J connectivity index is 1.97. The Kier molecular flexibility index (Phi) is 4.93. The molecule has 0 radical (unpaired) electrons. The van der Waals surface area contributed by atoms with Gasteiger partial charge in [-0.25, -0.2) is 8.42 Å². The van der Waals surface area contributed by atoms with E-state index in [9.17, 15) is 13.2 Å². The molecule has 7 heteroatoms. The number of carbonyl (C=O) groups excluding carboxylic acids is 1. The Morgan fingerprint density at radius 3 is 2.52 bits per heavy atom. The van der Waals surface area contributed by atoms with Crippen molar-refractivity contribution in [2.45, 2.75) is 5.75 Å². The average molecular weight is 325 g/mol. The van der Waals surface area contributed by atoms with Gasteiger partial charge in [0.05, 0.1) is 17.6 Å². The van der Waals surface area contributed by atoms with Gasteiger partial charge in [-0.1, -0.05) is 23.7 Å². The summed E-state index contributed by atoms with van der Waals surface area (Å²) >= 11 is 5.74. The maximum atomic E-state index is 12.0. The van der Waals surface area contributed by atoms with Gasteiger partial charge in [0.15, 0.2) is 9.84 Å². The van der Waals surface area contributed by atoms with E-state index >= 15 is 0 Å². The van der Waals surface area contributed by atoms with Crippen LogP contribution in [0.3, 0.4) is 0 Å². The summed E-state index contributed by atoms with van der Waals surface area (Å²) in [7, 11) is -3.54. The van der Waals surface area contributed by atoms with Crippen molar-refractivity contribution in [3.05, 3.63) is 59.4 Å². The zero-order valence-corrected chi connectivity index (χ0v) is 12.6. The first-order valence-electron chi connectivity index (χ1n) is 6.09. The van der Waals surface area contributed by atoms with E-state index in [0.717, 1.165) is 0 Å². The van der Waals surface area contributed by atoms with Gasteiger partial charge in [0, 0.05) is 11.2 Å². The van der Waals surface area contributed by atoms with Gasteiger partial charge < -0.3 is 5.32 Å². The molecule has 0 aliphatic heterocycles. The van der Waals surface area contributed by atoms with Crippen molar-refractivity contribution in [2.24, 2.45) is 0 Å². The lowest BCUT2D eigenvalue weighted by molar-refractivity contribution is -0.113. The van der Waals surface area contributed by atoms with Crippen LogP contribution in [0.15, 0.2) is 48.8 Å². The molecule has 1 N–H and O–H groups in total. The molecule has 1 amide bonds. The third-order valence-corrected chi connectivity index (χ3v) is 4.32. The van der Waals surface area contributed by atoms with Crippen LogP contribution in [0.25, 0.3) is 0 Å². The number of halogens is 1. The predicted octanol–water partition coefficient (Wildman–Crippen LogP) is 2.29. The lowest BCUT2D eigenvalue weighted by Gasteiger charge is -2.06. The zero-order valence-electron chi connectivity index (χ0n) is 11.0. The highest BCUT2D eigenvalue weighted by Crippen LogP contribution is 2.13. The lowest BCUT2D eigenvalue weighted by Crippen LogP contribution is -2.24. The van der Waals surface area contributed by atoms with E-state index in [4.69, 9.17) is 11.6 Å². The molecule has 0 saturated heterocycles. The normalized spacial score (nSPS) is 11.1. The van der Waals surface area contributed by atoms with Gasteiger partial charge >= 0.3 is 0 Å². The summed E-state index contributed by atoms with van der Waals surface area (Å²) in [5.41, 5.74) is 1.05. The van der Waals surface area contributed by atoms with Crippen LogP contribution in [0.4, 0.5) is 5.69 Å². The Morgan fingerprint density at radius 1 is 1.19 bits per heavy atom. The number of benzene rings is 1. The summed E-state index contributed by atoms with van der Waals surface area (Å²) < 4.78 is 24.0. The molecule has 0 atom stereocenters. The van der Waals surface area contributed by atoms with Gasteiger partial charge in [-0.15, -0.1) is 0 Å². The predicted molar refractivity (Wildman–Crippen MR) is 81.8 cm³/mol. The molecule has 2 aromatic rings. The number of hydrogen-bond acceptors (Lipinski definition) is 4. The summed E-state index contributed by atoms with van der Waals surface area (Å²) in [6.07, 6.45) is 3.01. The van der Waals surface area contributed by atoms with Crippen molar-refractivity contribution in [3.63, 3.8) is 0 Å². The Labute approximate surface area is 127 Å². The summed E-state index contributed by atoms with van der Waals surface area (Å²) in [6.45, 7) is 0. The number of pyridine rings is 1. The highest BCUT2D eigenvalue weighted by Gasteiger charge is 2.17. The monoisotopic (exact) mass is 324 g/mol. The van der Waals surface area contributed by atoms with E-state index < -0.39 is 21.5 Å². The average Bonchev–Trinajstić information content (AvgIpc) is 2.41. The van der Waals surface area contributed by atoms with E-state index in [1.165, 1.54) is 6.20 Å². The van der Waals surface area contributed by atoms with Crippen LogP contribution in [-0.4, -0.2) is 25.1 Å². The third kappa shape index (κ3) is 5.17. The maximum absolute atomic E-state index is 12.0. The highest BCUT2D eigenvalue weighted by atomic mass is 35.5. The van der Waals surface area contributed by atoms with Gasteiger partial charge in [-0.2, -0.15) is 0 Å². The number of sulfone groups is 1. The topological polar surface area (TPSA) is 76.1 Å². The number of carbonyl (C=O) groups is 1. The molecule has 0 unspecified atom stereocenters. The number of rotatable bonds is 5. The molecule has 21 heavy (non-hydrogen) atoms. The second kappa shape index (κ2) is 6.69. The smallest absolute Gasteiger partial charge is 0.239 e. The van der Waals surface area contributed by atoms with Crippen LogP contribution >= 0.6 is 11.6 Å². The second-order valence-corrected chi connectivity index (χ2v) is 6.95. The first-order chi connectivity index (χ1) is 9.94. The van der Waals surface area contributed by atoms with Crippen molar-refractivity contribution in [2.75, 3.05) is 11.1 Å². The Bertz CT molecular complexity index is 716. The number of aromatic nitrogens is 1. The van der Waals surface area contributed by atoms with Crippen LogP contribution < -0.4 is 5.32 Å². The molecule has 1 aromatic carbocycles. The SMILES string of the molecule is O=C(CS(=O)(=O)Cc1ccc(Cl)cc1)Nc1cccnc1. The second-order valence-electron chi connectivity index (χ2n) is 4.45. The summed E-state index contributed by atoms with van der Waals surface area (Å²) in [6, 6.07) is 9.76. The minimum atomic E-state index is -3.54. The van der Waals surface area contributed by atoms with E-state index in [0.29, 0.717) is 16.3 Å². The summed E-state index contributed by atoms with van der Waals surface area (Å²) in [4.78, 5) is 15.6. The zero-order chi connectivity index (χ0) is 15.3. The molecule has 1 aromatic heterocycles. The number of amides is 1. The minimum absolute atomic E-state index is 0.204. The standard InChI is InChI=1S/C14H13ClN2O3S/c15-12-5-3-11(4-6-12)9-21(19,20)10-14(18)17-13-2-1-7-16-8-13/h1-8H,9-10H2,(H,17,18). The molecular weight excluding hydrogens is 312 g/mol. The highest BCUT2D eigenvalue weighted by molar-refractivity contribution is 7.91. The maximum Gasteiger partial charge on any atom is 0.239 e. The molecule has 2 rings (SSSR count). The number of anilines is 1. The first-order valence-corrected chi connectivity index (χ1v) is 8.29. The molecule has 0 spiro atoms. The van der Waals surface area contributed by atoms with E-state index in [2.05, 4.69) is 10.3 Å². The van der Waals surface area contributed by atoms with Gasteiger partial charge in [0.1, 0.15) is 5.75 Å². The quantitative estimate of drug-likeness (QED) is 0.915. The van der Waals surface area contributed by atoms with Crippen molar-refractivity contribution in [1.82, 2.24) is 4.98 Å². The Hall–Kier alpha value is -1.92. The number of nitrogens with zero attached hydrogens (tertiary/aromatic N) is 1. The molecule has 0 bridgehead atoms. The van der Waals surface area contributed by atoms with Gasteiger partial charge in [-0.05, 0) is 29.8 Å². The molecular formula is C14H13ClN2O3S. The summed E-state index contributed by atoms with van der Waals surface area (Å²) in [5, 5.41) is 3.02. The Morgan fingerprint density at radius 2 is 1.90 bits per heavy atom. The van der Waals surface area contributed by atoms with Gasteiger partial charge in [-0.3, -0.25) is 9.78 Å². The number of nitrogens with one attached hydrogen (secondary N) is 1. The molecule has 0 aliphatic rings. The minimum Gasteiger partial charge on any atom is -0.324 e. The lowest BCUT2D eigenvalue weighted by atomic mass is 10.2. The van der Waals surface area contributed by atoms with Crippen LogP contribution in [-0.2, 0) is 20.4 Å². The van der Waals surface area contributed by atoms with Gasteiger partial charge in [0.25, 0.3) is 0 Å². The van der Waals surface area contributed by atoms with E-state index in [1.54, 1.807) is 42.6 Å². The molecule has 5 nitrogen and oxygen atoms in total. The molecule has 1 heterocycles. The number of hydrogen-bond donors (Lipinski definition) is 1. The van der Waals surface area contributed by atoms with Crippen LogP contribution in [0, 0.1) is 0 Å². The van der Waals surface area contributed by atoms with Crippen LogP contribution in [0.1, 0.15) is 5.56 Å². The van der Waals surface area contributed by atoms with Crippen LogP contribution in [0.5, 0.6) is 0 Å². The van der Waals surface area contributed by atoms with E-state index in [1.807, 2.05) is 0 Å². The molecule has 110 valence electrons. The van der Waals surface area contributed by atoms with Crippen molar-refractivity contribution >= 4 is 33.0 Å². The molecule has 0 saturated carbocycles. The summed E-state index contributed by atoms with van der Waals surface area (Å²) in [5.74, 6) is -1.37. The first kappa shape index (κ1) is 15.5. The van der Waals surface area contributed by atoms with Crippen molar-refractivity contribution in [1.29, 1.82) is 0 Å². The fourth-order valence-electron chi connectivity index (χ4n) is 1.72. The van der Waals surface area contributed by atoms with Crippen molar-refractivity contribution in [3.8, 4) is 0 Å². The van der Waals surface area contributed by atoms with Gasteiger partial charge in [0.2, 0.25) is 5.91 Å². The fraction of sp³-hybridized carbons (Fsp3) is 0.143. The fourth-order valence-corrected chi connectivity index (χ4v) is 3.12.